The largest absolute Gasteiger partial charge is 0.256 e. The van der Waals surface area contributed by atoms with Crippen LogP contribution in [-0.4, -0.2) is 9.81 Å². The zero-order valence-corrected chi connectivity index (χ0v) is 12.1. The lowest BCUT2D eigenvalue weighted by atomic mass is 9.89. The van der Waals surface area contributed by atoms with Crippen LogP contribution in [0.5, 0.6) is 0 Å². The summed E-state index contributed by atoms with van der Waals surface area (Å²) in [4.78, 5) is 5.15. The van der Waals surface area contributed by atoms with Gasteiger partial charge in [0.15, 0.2) is 0 Å². The predicted octanol–water partition coefficient (Wildman–Crippen LogP) is 5.05. The number of rotatable bonds is 1. The van der Waals surface area contributed by atoms with Crippen LogP contribution in [0.1, 0.15) is 43.6 Å². The highest BCUT2D eigenvalue weighted by molar-refractivity contribution is 9.09. The van der Waals surface area contributed by atoms with E-state index in [2.05, 4.69) is 45.2 Å². The lowest BCUT2D eigenvalue weighted by Crippen LogP contribution is -2.04. The molecule has 0 saturated heterocycles. The van der Waals surface area contributed by atoms with Crippen LogP contribution < -0.4 is 0 Å². The topological polar surface area (TPSA) is 12.9 Å². The highest BCUT2D eigenvalue weighted by atomic mass is 79.9. The van der Waals surface area contributed by atoms with Gasteiger partial charge >= 0.3 is 0 Å². The number of aromatic nitrogens is 1. The fraction of sp³-hybridized carbons (Fsp3) is 0.438. The Morgan fingerprint density at radius 3 is 2.89 bits per heavy atom. The first-order valence-corrected chi connectivity index (χ1v) is 7.74. The second-order valence-corrected chi connectivity index (χ2v) is 6.53. The van der Waals surface area contributed by atoms with Gasteiger partial charge in [0.05, 0.1) is 5.52 Å². The van der Waals surface area contributed by atoms with Gasteiger partial charge < -0.3 is 0 Å². The Morgan fingerprint density at radius 2 is 1.94 bits per heavy atom. The third kappa shape index (κ3) is 2.44. The van der Waals surface area contributed by atoms with Crippen molar-refractivity contribution in [3.8, 4) is 0 Å². The third-order valence-electron chi connectivity index (χ3n) is 3.98. The van der Waals surface area contributed by atoms with Gasteiger partial charge in [0.1, 0.15) is 0 Å². The molecule has 1 aromatic heterocycles. The van der Waals surface area contributed by atoms with Gasteiger partial charge in [-0.2, -0.15) is 0 Å². The summed E-state index contributed by atoms with van der Waals surface area (Å²) >= 11 is 3.82. The maximum Gasteiger partial charge on any atom is 0.0704 e. The second-order valence-electron chi connectivity index (χ2n) is 5.23. The Hall–Kier alpha value is -0.890. The van der Waals surface area contributed by atoms with Crippen molar-refractivity contribution in [2.24, 2.45) is 0 Å². The van der Waals surface area contributed by atoms with Crippen molar-refractivity contribution in [3.63, 3.8) is 0 Å². The summed E-state index contributed by atoms with van der Waals surface area (Å²) in [5.74, 6) is 0.685. The van der Waals surface area contributed by atoms with Crippen LogP contribution >= 0.6 is 15.9 Å². The van der Waals surface area contributed by atoms with Crippen molar-refractivity contribution in [2.45, 2.75) is 42.8 Å². The molecule has 2 atom stereocenters. The Balaban J connectivity index is 2.02. The molecule has 94 valence electrons. The highest BCUT2D eigenvalue weighted by Crippen LogP contribution is 2.37. The lowest BCUT2D eigenvalue weighted by molar-refractivity contribution is 0.604. The van der Waals surface area contributed by atoms with Crippen LogP contribution in [0, 0.1) is 0 Å². The van der Waals surface area contributed by atoms with Crippen molar-refractivity contribution in [3.05, 3.63) is 42.1 Å². The van der Waals surface area contributed by atoms with E-state index >= 15 is 0 Å². The summed E-state index contributed by atoms with van der Waals surface area (Å²) in [6.45, 7) is 0. The van der Waals surface area contributed by atoms with E-state index in [9.17, 15) is 0 Å². The smallest absolute Gasteiger partial charge is 0.0704 e. The number of hydrogen-bond donors (Lipinski definition) is 0. The number of pyridine rings is 1. The minimum absolute atomic E-state index is 0.678. The molecule has 2 unspecified atom stereocenters. The van der Waals surface area contributed by atoms with Gasteiger partial charge in [-0.15, -0.1) is 0 Å². The monoisotopic (exact) mass is 303 g/mol. The predicted molar refractivity (Wildman–Crippen MR) is 80.3 cm³/mol. The Bertz CT molecular complexity index is 532. The molecule has 1 nitrogen and oxygen atoms in total. The number of halogens is 1. The van der Waals surface area contributed by atoms with Crippen LogP contribution in [-0.2, 0) is 0 Å². The van der Waals surface area contributed by atoms with Gasteiger partial charge in [-0.3, -0.25) is 4.98 Å². The van der Waals surface area contributed by atoms with Crippen molar-refractivity contribution in [2.75, 3.05) is 0 Å². The van der Waals surface area contributed by atoms with E-state index in [-0.39, 0.29) is 0 Å². The normalized spacial score (nSPS) is 24.9. The maximum absolute atomic E-state index is 4.47. The SMILES string of the molecule is BrC1CCCCC(c2cccc3ncccc23)C1. The van der Waals surface area contributed by atoms with Crippen LogP contribution in [0.3, 0.4) is 0 Å². The van der Waals surface area contributed by atoms with Gasteiger partial charge in [-0.1, -0.05) is 47.0 Å². The zero-order valence-electron chi connectivity index (χ0n) is 10.5. The molecule has 1 saturated carbocycles. The molecular weight excluding hydrogens is 286 g/mol. The van der Waals surface area contributed by atoms with Crippen LogP contribution in [0.2, 0.25) is 0 Å². The third-order valence-corrected chi connectivity index (χ3v) is 4.81. The first-order valence-electron chi connectivity index (χ1n) is 6.82. The highest BCUT2D eigenvalue weighted by Gasteiger charge is 2.21. The zero-order chi connectivity index (χ0) is 12.4. The molecule has 0 bridgehead atoms. The molecular formula is C16H18BrN. The number of hydrogen-bond acceptors (Lipinski definition) is 1. The summed E-state index contributed by atoms with van der Waals surface area (Å²) in [7, 11) is 0. The molecule has 1 heterocycles. The molecule has 3 rings (SSSR count). The van der Waals surface area contributed by atoms with Crippen LogP contribution in [0.4, 0.5) is 0 Å². The second kappa shape index (κ2) is 5.40. The molecule has 18 heavy (non-hydrogen) atoms. The molecule has 1 aromatic carbocycles. The maximum atomic E-state index is 4.47. The number of nitrogens with zero attached hydrogens (tertiary/aromatic N) is 1. The van der Waals surface area contributed by atoms with E-state index in [1.54, 1.807) is 0 Å². The Morgan fingerprint density at radius 1 is 1.06 bits per heavy atom. The average Bonchev–Trinajstić information content (AvgIpc) is 2.63. The van der Waals surface area contributed by atoms with E-state index in [4.69, 9.17) is 0 Å². The minimum atomic E-state index is 0.678. The first kappa shape index (κ1) is 12.2. The van der Waals surface area contributed by atoms with E-state index in [0.717, 1.165) is 5.52 Å². The molecule has 0 N–H and O–H groups in total. The molecule has 1 fully saturated rings. The molecule has 2 aromatic rings. The van der Waals surface area contributed by atoms with Crippen LogP contribution in [0.15, 0.2) is 36.5 Å². The molecule has 0 amide bonds. The van der Waals surface area contributed by atoms with Crippen molar-refractivity contribution >= 4 is 26.8 Å². The average molecular weight is 304 g/mol. The van der Waals surface area contributed by atoms with Gasteiger partial charge in [-0.05, 0) is 42.9 Å². The number of benzene rings is 1. The minimum Gasteiger partial charge on any atom is -0.256 e. The van der Waals surface area contributed by atoms with Gasteiger partial charge in [0, 0.05) is 16.4 Å². The quantitative estimate of drug-likeness (QED) is 0.531. The summed E-state index contributed by atoms with van der Waals surface area (Å²) < 4.78 is 0. The van der Waals surface area contributed by atoms with Crippen molar-refractivity contribution in [1.29, 1.82) is 0 Å². The molecule has 0 spiro atoms. The molecule has 2 heteroatoms. The van der Waals surface area contributed by atoms with E-state index in [1.807, 2.05) is 12.3 Å². The van der Waals surface area contributed by atoms with E-state index < -0.39 is 0 Å². The van der Waals surface area contributed by atoms with Gasteiger partial charge in [0.2, 0.25) is 0 Å². The molecule has 1 aliphatic rings. The fourth-order valence-electron chi connectivity index (χ4n) is 3.07. The summed E-state index contributed by atoms with van der Waals surface area (Å²) in [6, 6.07) is 10.8. The molecule has 1 aliphatic carbocycles. The summed E-state index contributed by atoms with van der Waals surface area (Å²) in [6.07, 6.45) is 8.48. The fourth-order valence-corrected chi connectivity index (χ4v) is 3.84. The van der Waals surface area contributed by atoms with Gasteiger partial charge in [-0.25, -0.2) is 0 Å². The summed E-state index contributed by atoms with van der Waals surface area (Å²) in [5.41, 5.74) is 2.62. The lowest BCUT2D eigenvalue weighted by Gasteiger charge is -2.18. The first-order chi connectivity index (χ1) is 8.84. The number of fused-ring (bicyclic) bond motifs is 1. The Kier molecular flexibility index (Phi) is 3.64. The van der Waals surface area contributed by atoms with E-state index in [0.29, 0.717) is 10.7 Å². The van der Waals surface area contributed by atoms with Crippen LogP contribution in [0.25, 0.3) is 10.9 Å². The van der Waals surface area contributed by atoms with Crippen molar-refractivity contribution in [1.82, 2.24) is 4.98 Å². The van der Waals surface area contributed by atoms with Gasteiger partial charge in [0.25, 0.3) is 0 Å². The van der Waals surface area contributed by atoms with E-state index in [1.165, 1.54) is 43.1 Å². The summed E-state index contributed by atoms with van der Waals surface area (Å²) in [5, 5.41) is 1.34. The molecule has 0 radical (unpaired) electrons. The number of alkyl halides is 1. The standard InChI is InChI=1S/C16H18BrN/c17-13-6-2-1-5-12(11-13)14-7-3-9-16-15(14)8-4-10-18-16/h3-4,7-10,12-13H,1-2,5-6,11H2. The Labute approximate surface area is 117 Å². The molecule has 0 aliphatic heterocycles. The van der Waals surface area contributed by atoms with Crippen molar-refractivity contribution < 1.29 is 0 Å².